The minimum Gasteiger partial charge on any atom is -0.459 e. The fraction of sp³-hybridized carbons (Fsp3) is 0.353. The van der Waals surface area contributed by atoms with Gasteiger partial charge >= 0.3 is 0 Å². The highest BCUT2D eigenvalue weighted by Crippen LogP contribution is 2.22. The van der Waals surface area contributed by atoms with E-state index in [2.05, 4.69) is 0 Å². The van der Waals surface area contributed by atoms with Crippen molar-refractivity contribution in [2.45, 2.75) is 18.2 Å². The summed E-state index contributed by atoms with van der Waals surface area (Å²) in [6.45, 7) is 2.79. The van der Waals surface area contributed by atoms with E-state index in [0.29, 0.717) is 25.1 Å². The Hall–Kier alpha value is -2.19. The molecule has 0 radical (unpaired) electrons. The molecular weight excluding hydrogens is 347 g/mol. The number of aryl methyl sites for hydroxylation is 1. The molecule has 0 bridgehead atoms. The molecule has 0 N–H and O–H groups in total. The molecule has 1 fully saturated rings. The molecule has 0 atom stereocenters. The third-order valence-corrected chi connectivity index (χ3v) is 6.29. The van der Waals surface area contributed by atoms with Crippen molar-refractivity contribution in [3.8, 4) is 0 Å². The molecule has 2 aromatic rings. The van der Waals surface area contributed by atoms with Crippen LogP contribution in [0.25, 0.3) is 0 Å². The summed E-state index contributed by atoms with van der Waals surface area (Å²) in [6, 6.07) is 6.86. The second kappa shape index (κ2) is 6.97. The minimum atomic E-state index is -3.73. The van der Waals surface area contributed by atoms with Crippen LogP contribution >= 0.6 is 0 Å². The van der Waals surface area contributed by atoms with Crippen molar-refractivity contribution in [3.05, 3.63) is 53.7 Å². The lowest BCUT2D eigenvalue weighted by molar-refractivity contribution is 0.0732. The fourth-order valence-electron chi connectivity index (χ4n) is 2.93. The smallest absolute Gasteiger partial charge is 0.289 e. The van der Waals surface area contributed by atoms with Gasteiger partial charge in [0.2, 0.25) is 10.0 Å². The average Bonchev–Trinajstić information content (AvgIpc) is 2.97. The molecule has 0 unspecified atom stereocenters. The highest BCUT2D eigenvalue weighted by atomic mass is 32.2. The summed E-state index contributed by atoms with van der Waals surface area (Å²) in [5.41, 5.74) is 0.368. The van der Waals surface area contributed by atoms with Gasteiger partial charge < -0.3 is 9.32 Å². The van der Waals surface area contributed by atoms with Crippen LogP contribution in [0.3, 0.4) is 0 Å². The number of hydrogen-bond acceptors (Lipinski definition) is 4. The number of halogens is 1. The Balaban J connectivity index is 1.77. The summed E-state index contributed by atoms with van der Waals surface area (Å²) in [5.74, 6) is -0.476. The Kier molecular flexibility index (Phi) is 4.91. The Morgan fingerprint density at radius 2 is 1.96 bits per heavy atom. The molecule has 8 heteroatoms. The summed E-state index contributed by atoms with van der Waals surface area (Å²) in [5, 5.41) is 0. The molecule has 1 aromatic heterocycles. The summed E-state index contributed by atoms with van der Waals surface area (Å²) >= 11 is 0. The van der Waals surface area contributed by atoms with Crippen LogP contribution in [-0.2, 0) is 10.0 Å². The molecule has 0 spiro atoms. The van der Waals surface area contributed by atoms with Gasteiger partial charge in [-0.2, -0.15) is 4.31 Å². The minimum absolute atomic E-state index is 0.0970. The van der Waals surface area contributed by atoms with Crippen LogP contribution in [0.2, 0.25) is 0 Å². The lowest BCUT2D eigenvalue weighted by Gasteiger charge is -2.22. The van der Waals surface area contributed by atoms with Gasteiger partial charge in [-0.25, -0.2) is 12.8 Å². The van der Waals surface area contributed by atoms with E-state index in [0.717, 1.165) is 6.07 Å². The fourth-order valence-corrected chi connectivity index (χ4v) is 4.61. The van der Waals surface area contributed by atoms with E-state index < -0.39 is 15.8 Å². The molecule has 0 saturated carbocycles. The number of amides is 1. The van der Waals surface area contributed by atoms with E-state index in [1.54, 1.807) is 24.0 Å². The zero-order valence-electron chi connectivity index (χ0n) is 13.8. The number of carbonyl (C=O) groups excluding carboxylic acids is 1. The van der Waals surface area contributed by atoms with E-state index in [4.69, 9.17) is 4.42 Å². The lowest BCUT2D eigenvalue weighted by atomic mass is 10.2. The predicted octanol–water partition coefficient (Wildman–Crippen LogP) is 2.26. The van der Waals surface area contributed by atoms with Crippen molar-refractivity contribution in [2.24, 2.45) is 0 Å². The lowest BCUT2D eigenvalue weighted by Crippen LogP contribution is -2.37. The van der Waals surface area contributed by atoms with E-state index in [-0.39, 0.29) is 29.7 Å². The van der Waals surface area contributed by atoms with Crippen LogP contribution in [-0.4, -0.2) is 49.7 Å². The van der Waals surface area contributed by atoms with Gasteiger partial charge in [-0.1, -0.05) is 0 Å². The first kappa shape index (κ1) is 17.6. The van der Waals surface area contributed by atoms with Crippen LogP contribution < -0.4 is 0 Å². The highest BCUT2D eigenvalue weighted by molar-refractivity contribution is 7.89. The molecule has 6 nitrogen and oxygen atoms in total. The van der Waals surface area contributed by atoms with Gasteiger partial charge in [-0.3, -0.25) is 4.79 Å². The maximum Gasteiger partial charge on any atom is 0.289 e. The second-order valence-corrected chi connectivity index (χ2v) is 7.84. The number of hydrogen-bond donors (Lipinski definition) is 0. The molecule has 1 aromatic carbocycles. The third kappa shape index (κ3) is 3.59. The van der Waals surface area contributed by atoms with Crippen LogP contribution in [0.1, 0.15) is 22.5 Å². The number of sulfonamides is 1. The first-order valence-corrected chi connectivity index (χ1v) is 9.42. The third-order valence-electron chi connectivity index (χ3n) is 4.23. The molecule has 1 aliphatic rings. The topological polar surface area (TPSA) is 70.8 Å². The molecule has 25 heavy (non-hydrogen) atoms. The number of carbonyl (C=O) groups is 1. The van der Waals surface area contributed by atoms with Crippen molar-refractivity contribution in [1.29, 1.82) is 0 Å². The Morgan fingerprint density at radius 1 is 1.16 bits per heavy atom. The Morgan fingerprint density at radius 3 is 2.64 bits per heavy atom. The van der Waals surface area contributed by atoms with E-state index in [1.807, 2.05) is 0 Å². The normalized spacial score (nSPS) is 16.6. The predicted molar refractivity (Wildman–Crippen MR) is 89.1 cm³/mol. The SMILES string of the molecule is Cc1cc(F)ccc1S(=O)(=O)N1CCCN(C(=O)c2ccco2)CC1. The van der Waals surface area contributed by atoms with Gasteiger partial charge in [0.25, 0.3) is 5.91 Å². The van der Waals surface area contributed by atoms with Crippen LogP contribution in [0.4, 0.5) is 4.39 Å². The quantitative estimate of drug-likeness (QED) is 0.835. The zero-order chi connectivity index (χ0) is 18.0. The van der Waals surface area contributed by atoms with Crippen LogP contribution in [0.15, 0.2) is 45.9 Å². The van der Waals surface area contributed by atoms with Gasteiger partial charge in [0.1, 0.15) is 5.82 Å². The van der Waals surface area contributed by atoms with Crippen molar-refractivity contribution >= 4 is 15.9 Å². The molecule has 0 aliphatic carbocycles. The summed E-state index contributed by atoms with van der Waals surface area (Å²) in [4.78, 5) is 14.0. The second-order valence-electron chi connectivity index (χ2n) is 5.94. The van der Waals surface area contributed by atoms with Crippen molar-refractivity contribution in [2.75, 3.05) is 26.2 Å². The van der Waals surface area contributed by atoms with Gasteiger partial charge in [-0.15, -0.1) is 0 Å². The number of benzene rings is 1. The largest absolute Gasteiger partial charge is 0.459 e. The molecule has 1 amide bonds. The number of rotatable bonds is 3. The zero-order valence-corrected chi connectivity index (χ0v) is 14.6. The summed E-state index contributed by atoms with van der Waals surface area (Å²) in [7, 11) is -3.73. The van der Waals surface area contributed by atoms with Gasteiger partial charge in [0.05, 0.1) is 11.2 Å². The first-order chi connectivity index (χ1) is 11.9. The van der Waals surface area contributed by atoms with E-state index in [1.165, 1.54) is 22.7 Å². The monoisotopic (exact) mass is 366 g/mol. The van der Waals surface area contributed by atoms with Gasteiger partial charge in [0.15, 0.2) is 5.76 Å². The summed E-state index contributed by atoms with van der Waals surface area (Å²) < 4.78 is 45.4. The standard InChI is InChI=1S/C17H19FN2O4S/c1-13-12-14(18)5-6-16(13)25(22,23)20-8-3-7-19(9-10-20)17(21)15-4-2-11-24-15/h2,4-6,11-12H,3,7-10H2,1H3. The molecule has 1 saturated heterocycles. The van der Waals surface area contributed by atoms with Gasteiger partial charge in [0, 0.05) is 26.2 Å². The van der Waals surface area contributed by atoms with E-state index >= 15 is 0 Å². The molecule has 2 heterocycles. The molecule has 3 rings (SSSR count). The van der Waals surface area contributed by atoms with Crippen molar-refractivity contribution < 1.29 is 22.0 Å². The highest BCUT2D eigenvalue weighted by Gasteiger charge is 2.30. The van der Waals surface area contributed by atoms with E-state index in [9.17, 15) is 17.6 Å². The van der Waals surface area contributed by atoms with Crippen molar-refractivity contribution in [3.63, 3.8) is 0 Å². The van der Waals surface area contributed by atoms with Crippen molar-refractivity contribution in [1.82, 2.24) is 9.21 Å². The van der Waals surface area contributed by atoms with Gasteiger partial charge in [-0.05, 0) is 49.2 Å². The average molecular weight is 366 g/mol. The first-order valence-electron chi connectivity index (χ1n) is 7.98. The number of nitrogens with zero attached hydrogens (tertiary/aromatic N) is 2. The maximum atomic E-state index is 13.3. The molecule has 134 valence electrons. The number of furan rings is 1. The molecule has 1 aliphatic heterocycles. The maximum absolute atomic E-state index is 13.3. The van der Waals surface area contributed by atoms with Crippen LogP contribution in [0, 0.1) is 12.7 Å². The summed E-state index contributed by atoms with van der Waals surface area (Å²) in [6.07, 6.45) is 1.95. The Bertz CT molecular complexity index is 865. The molecular formula is C17H19FN2O4S. The van der Waals surface area contributed by atoms with Crippen LogP contribution in [0.5, 0.6) is 0 Å². The Labute approximate surface area is 145 Å².